The molecule has 0 aromatic carbocycles. The van der Waals surface area contributed by atoms with Gasteiger partial charge in [0, 0.05) is 56.1 Å². The van der Waals surface area contributed by atoms with Crippen LogP contribution in [0.2, 0.25) is 0 Å². The van der Waals surface area contributed by atoms with Gasteiger partial charge in [-0.25, -0.2) is 18.9 Å². The largest absolute Gasteiger partial charge is 0.379 e. The van der Waals surface area contributed by atoms with E-state index in [1.54, 1.807) is 12.4 Å². The van der Waals surface area contributed by atoms with Gasteiger partial charge in [-0.2, -0.15) is 5.10 Å². The van der Waals surface area contributed by atoms with Gasteiger partial charge >= 0.3 is 0 Å². The van der Waals surface area contributed by atoms with Gasteiger partial charge in [0.25, 0.3) is 0 Å². The molecule has 10 heteroatoms. The number of aryl methyl sites for hydroxylation is 2. The van der Waals surface area contributed by atoms with Gasteiger partial charge < -0.3 is 14.6 Å². The topological polar surface area (TPSA) is 85.4 Å². The molecular weight excluding hydrogens is 423 g/mol. The molecule has 1 atom stereocenters. The predicted octanol–water partition coefficient (Wildman–Crippen LogP) is 3.03. The third-order valence-corrected chi connectivity index (χ3v) is 5.96. The molecule has 0 amide bonds. The van der Waals surface area contributed by atoms with Gasteiger partial charge in [0.2, 0.25) is 0 Å². The lowest BCUT2D eigenvalue weighted by Crippen LogP contribution is -2.36. The number of anilines is 2. The summed E-state index contributed by atoms with van der Waals surface area (Å²) in [6.07, 6.45) is 4.89. The van der Waals surface area contributed by atoms with Crippen molar-refractivity contribution in [1.82, 2.24) is 34.0 Å². The summed E-state index contributed by atoms with van der Waals surface area (Å²) in [7, 11) is 1.93. The molecule has 1 aliphatic heterocycles. The lowest BCUT2D eigenvalue weighted by molar-refractivity contribution is 0.0334. The van der Waals surface area contributed by atoms with E-state index in [1.807, 2.05) is 42.2 Å². The summed E-state index contributed by atoms with van der Waals surface area (Å²) in [5.74, 6) is 0.967. The average Bonchev–Trinajstić information content (AvgIpc) is 3.36. The fraction of sp³-hybridized carbons (Fsp3) is 0.391. The third kappa shape index (κ3) is 4.44. The van der Waals surface area contributed by atoms with Crippen molar-refractivity contribution in [2.24, 2.45) is 7.05 Å². The Kier molecular flexibility index (Phi) is 5.77. The highest BCUT2D eigenvalue weighted by Gasteiger charge is 2.23. The zero-order valence-corrected chi connectivity index (χ0v) is 19.0. The van der Waals surface area contributed by atoms with E-state index in [0.29, 0.717) is 5.82 Å². The lowest BCUT2D eigenvalue weighted by atomic mass is 9.97. The molecule has 9 nitrogen and oxygen atoms in total. The lowest BCUT2D eigenvalue weighted by Gasteiger charge is -2.26. The Morgan fingerprint density at radius 1 is 1.18 bits per heavy atom. The Labute approximate surface area is 191 Å². The van der Waals surface area contributed by atoms with E-state index in [0.717, 1.165) is 67.0 Å². The summed E-state index contributed by atoms with van der Waals surface area (Å²) in [6.45, 7) is 7.95. The standard InChI is InChI=1S/C23H27FN8O/c1-15(19-5-4-17(24)11-25-19)22-16(2)29-32-18(12-31-6-8-33-9-7-31)10-20(28-23(22)32)27-21-13-30(3)14-26-21/h4-5,10-11,13-15H,6-9,12H2,1-3H3,(H,27,28). The average molecular weight is 451 g/mol. The first-order valence-electron chi connectivity index (χ1n) is 11.0. The summed E-state index contributed by atoms with van der Waals surface area (Å²) < 4.78 is 22.8. The van der Waals surface area contributed by atoms with Crippen LogP contribution in [0, 0.1) is 12.7 Å². The zero-order chi connectivity index (χ0) is 22.9. The highest BCUT2D eigenvalue weighted by atomic mass is 19.1. The number of halogens is 1. The van der Waals surface area contributed by atoms with Crippen LogP contribution in [-0.2, 0) is 18.3 Å². The van der Waals surface area contributed by atoms with Gasteiger partial charge in [-0.15, -0.1) is 0 Å². The van der Waals surface area contributed by atoms with Crippen LogP contribution in [0.15, 0.2) is 36.9 Å². The quantitative estimate of drug-likeness (QED) is 0.483. The molecule has 172 valence electrons. The molecule has 1 unspecified atom stereocenters. The molecule has 0 bridgehead atoms. The van der Waals surface area contributed by atoms with E-state index in [2.05, 4.69) is 20.2 Å². The SMILES string of the molecule is Cc1nn2c(CN3CCOCC3)cc(Nc3cn(C)cn3)nc2c1C(C)c1ccc(F)cn1. The summed E-state index contributed by atoms with van der Waals surface area (Å²) in [5, 5.41) is 8.17. The molecule has 1 aliphatic rings. The molecule has 1 saturated heterocycles. The second-order valence-corrected chi connectivity index (χ2v) is 8.43. The van der Waals surface area contributed by atoms with Crippen LogP contribution in [0.4, 0.5) is 16.0 Å². The molecule has 5 rings (SSSR count). The van der Waals surface area contributed by atoms with E-state index < -0.39 is 0 Å². The summed E-state index contributed by atoms with van der Waals surface area (Å²) in [6, 6.07) is 5.17. The molecule has 0 spiro atoms. The minimum atomic E-state index is -0.352. The van der Waals surface area contributed by atoms with Crippen LogP contribution in [-0.4, -0.2) is 60.3 Å². The van der Waals surface area contributed by atoms with Gasteiger partial charge in [-0.1, -0.05) is 6.92 Å². The molecule has 1 fully saturated rings. The maximum Gasteiger partial charge on any atom is 0.161 e. The number of fused-ring (bicyclic) bond motifs is 1. The van der Waals surface area contributed by atoms with Gasteiger partial charge in [-0.05, 0) is 19.1 Å². The molecule has 4 aromatic heterocycles. The van der Waals surface area contributed by atoms with E-state index in [1.165, 1.54) is 12.3 Å². The van der Waals surface area contributed by atoms with Crippen LogP contribution >= 0.6 is 0 Å². The molecular formula is C23H27FN8O. The van der Waals surface area contributed by atoms with Crippen molar-refractivity contribution in [3.63, 3.8) is 0 Å². The summed E-state index contributed by atoms with van der Waals surface area (Å²) in [5.41, 5.74) is 4.40. The molecule has 1 N–H and O–H groups in total. The fourth-order valence-electron chi connectivity index (χ4n) is 4.27. The second kappa shape index (κ2) is 8.87. The Bertz CT molecular complexity index is 1260. The number of hydrogen-bond acceptors (Lipinski definition) is 7. The fourth-order valence-corrected chi connectivity index (χ4v) is 4.27. The number of hydrogen-bond donors (Lipinski definition) is 1. The van der Waals surface area contributed by atoms with Gasteiger partial charge in [0.1, 0.15) is 17.5 Å². The molecule has 33 heavy (non-hydrogen) atoms. The highest BCUT2D eigenvalue weighted by molar-refractivity contribution is 5.61. The van der Waals surface area contributed by atoms with Gasteiger partial charge in [0.15, 0.2) is 5.65 Å². The monoisotopic (exact) mass is 450 g/mol. The van der Waals surface area contributed by atoms with Crippen molar-refractivity contribution < 1.29 is 9.13 Å². The third-order valence-electron chi connectivity index (χ3n) is 5.96. The maximum absolute atomic E-state index is 13.4. The van der Waals surface area contributed by atoms with Crippen LogP contribution in [0.5, 0.6) is 0 Å². The first-order chi connectivity index (χ1) is 16.0. The number of imidazole rings is 1. The van der Waals surface area contributed by atoms with E-state index >= 15 is 0 Å². The van der Waals surface area contributed by atoms with E-state index in [9.17, 15) is 4.39 Å². The normalized spacial score (nSPS) is 15.8. The minimum Gasteiger partial charge on any atom is -0.379 e. The number of nitrogens with zero attached hydrogens (tertiary/aromatic N) is 7. The number of pyridine rings is 1. The number of rotatable bonds is 6. The van der Waals surface area contributed by atoms with Gasteiger partial charge in [-0.3, -0.25) is 9.88 Å². The molecule has 0 aliphatic carbocycles. The molecule has 4 aromatic rings. The van der Waals surface area contributed by atoms with E-state index in [-0.39, 0.29) is 11.7 Å². The Balaban J connectivity index is 1.59. The smallest absolute Gasteiger partial charge is 0.161 e. The Morgan fingerprint density at radius 3 is 2.70 bits per heavy atom. The van der Waals surface area contributed by atoms with Crippen molar-refractivity contribution in [2.45, 2.75) is 26.3 Å². The van der Waals surface area contributed by atoms with E-state index in [4.69, 9.17) is 14.8 Å². The Hall–Kier alpha value is -3.37. The van der Waals surface area contributed by atoms with Crippen LogP contribution in [0.25, 0.3) is 5.65 Å². The number of ether oxygens (including phenoxy) is 1. The molecule has 0 radical (unpaired) electrons. The second-order valence-electron chi connectivity index (χ2n) is 8.43. The van der Waals surface area contributed by atoms with Gasteiger partial charge in [0.05, 0.1) is 37.1 Å². The molecule has 5 heterocycles. The van der Waals surface area contributed by atoms with Crippen molar-refractivity contribution in [3.05, 3.63) is 65.4 Å². The summed E-state index contributed by atoms with van der Waals surface area (Å²) >= 11 is 0. The number of morpholine rings is 1. The van der Waals surface area contributed by atoms with Crippen LogP contribution in [0.1, 0.15) is 35.5 Å². The van der Waals surface area contributed by atoms with Crippen LogP contribution < -0.4 is 5.32 Å². The van der Waals surface area contributed by atoms with Crippen molar-refractivity contribution >= 4 is 17.3 Å². The Morgan fingerprint density at radius 2 is 2.00 bits per heavy atom. The first-order valence-corrected chi connectivity index (χ1v) is 11.0. The first kappa shape index (κ1) is 21.5. The van der Waals surface area contributed by atoms with Crippen molar-refractivity contribution in [1.29, 1.82) is 0 Å². The van der Waals surface area contributed by atoms with Crippen molar-refractivity contribution in [3.8, 4) is 0 Å². The summed E-state index contributed by atoms with van der Waals surface area (Å²) in [4.78, 5) is 15.9. The molecule has 0 saturated carbocycles. The number of aromatic nitrogens is 6. The predicted molar refractivity (Wildman–Crippen MR) is 122 cm³/mol. The number of nitrogens with one attached hydrogen (secondary N) is 1. The van der Waals surface area contributed by atoms with Crippen LogP contribution in [0.3, 0.4) is 0 Å². The maximum atomic E-state index is 13.4. The van der Waals surface area contributed by atoms with Crippen molar-refractivity contribution in [2.75, 3.05) is 31.6 Å². The zero-order valence-electron chi connectivity index (χ0n) is 19.0. The highest BCUT2D eigenvalue weighted by Crippen LogP contribution is 2.30. The minimum absolute atomic E-state index is 0.100.